The van der Waals surface area contributed by atoms with Gasteiger partial charge in [0, 0.05) is 18.7 Å². The van der Waals surface area contributed by atoms with E-state index in [2.05, 4.69) is 10.6 Å². The Kier molecular flexibility index (Phi) is 8.10. The Morgan fingerprint density at radius 3 is 2.56 bits per heavy atom. The molecule has 0 bridgehead atoms. The topological polar surface area (TPSA) is 70.7 Å². The van der Waals surface area contributed by atoms with Crippen LogP contribution in [0.3, 0.4) is 0 Å². The van der Waals surface area contributed by atoms with Gasteiger partial charge in [0.15, 0.2) is 0 Å². The molecule has 0 radical (unpaired) electrons. The van der Waals surface area contributed by atoms with Gasteiger partial charge in [-0.15, -0.1) is 0 Å². The summed E-state index contributed by atoms with van der Waals surface area (Å²) in [5, 5.41) is 6.14. The van der Waals surface area contributed by atoms with Gasteiger partial charge in [-0.1, -0.05) is 13.8 Å². The molecular formula is C21H33N3O3. The molecule has 2 N–H and O–H groups in total. The Hall–Kier alpha value is -2.08. The van der Waals surface area contributed by atoms with Crippen LogP contribution in [0, 0.1) is 11.8 Å². The van der Waals surface area contributed by atoms with Crippen LogP contribution in [0.2, 0.25) is 0 Å². The van der Waals surface area contributed by atoms with Crippen molar-refractivity contribution < 1.29 is 14.3 Å². The van der Waals surface area contributed by atoms with E-state index in [1.807, 2.05) is 32.7 Å². The summed E-state index contributed by atoms with van der Waals surface area (Å²) >= 11 is 0. The summed E-state index contributed by atoms with van der Waals surface area (Å²) in [6.45, 7) is 8.87. The SMILES string of the molecule is CCOc1ccc(C(=O)NC(C(=O)N2CCCC(CNC)C2)C(C)C)cc1. The average molecular weight is 376 g/mol. The van der Waals surface area contributed by atoms with Gasteiger partial charge in [-0.2, -0.15) is 0 Å². The zero-order chi connectivity index (χ0) is 19.8. The average Bonchev–Trinajstić information content (AvgIpc) is 2.66. The van der Waals surface area contributed by atoms with E-state index in [1.54, 1.807) is 24.3 Å². The number of carbonyl (C=O) groups excluding carboxylic acids is 2. The summed E-state index contributed by atoms with van der Waals surface area (Å²) in [4.78, 5) is 27.6. The van der Waals surface area contributed by atoms with Crippen molar-refractivity contribution in [3.63, 3.8) is 0 Å². The van der Waals surface area contributed by atoms with Crippen LogP contribution in [0.15, 0.2) is 24.3 Å². The van der Waals surface area contributed by atoms with E-state index in [0.717, 1.165) is 38.2 Å². The molecule has 2 unspecified atom stereocenters. The van der Waals surface area contributed by atoms with Crippen LogP contribution in [-0.2, 0) is 4.79 Å². The quantitative estimate of drug-likeness (QED) is 0.731. The van der Waals surface area contributed by atoms with Crippen molar-refractivity contribution in [2.24, 2.45) is 11.8 Å². The molecule has 1 heterocycles. The van der Waals surface area contributed by atoms with Crippen LogP contribution < -0.4 is 15.4 Å². The predicted molar refractivity (Wildman–Crippen MR) is 107 cm³/mol. The standard InChI is InChI=1S/C21H33N3O3/c1-5-27-18-10-8-17(9-11-18)20(25)23-19(15(2)3)21(26)24-12-6-7-16(14-24)13-22-4/h8-11,15-16,19,22H,5-7,12-14H2,1-4H3,(H,23,25). The van der Waals surface area contributed by atoms with Crippen molar-refractivity contribution in [1.29, 1.82) is 0 Å². The molecule has 6 heteroatoms. The largest absolute Gasteiger partial charge is 0.494 e. The lowest BCUT2D eigenvalue weighted by Gasteiger charge is -2.36. The summed E-state index contributed by atoms with van der Waals surface area (Å²) < 4.78 is 5.41. The second-order valence-electron chi connectivity index (χ2n) is 7.50. The number of likely N-dealkylation sites (tertiary alicyclic amines) is 1. The number of piperidine rings is 1. The predicted octanol–water partition coefficient (Wildman–Crippen LogP) is 2.30. The van der Waals surface area contributed by atoms with Crippen LogP contribution in [0.1, 0.15) is 44.0 Å². The number of rotatable bonds is 8. The van der Waals surface area contributed by atoms with E-state index in [9.17, 15) is 9.59 Å². The summed E-state index contributed by atoms with van der Waals surface area (Å²) in [6, 6.07) is 6.49. The highest BCUT2D eigenvalue weighted by Crippen LogP contribution is 2.19. The molecule has 2 atom stereocenters. The highest BCUT2D eigenvalue weighted by Gasteiger charge is 2.31. The van der Waals surface area contributed by atoms with E-state index in [1.165, 1.54) is 0 Å². The maximum absolute atomic E-state index is 13.1. The fourth-order valence-electron chi connectivity index (χ4n) is 3.52. The summed E-state index contributed by atoms with van der Waals surface area (Å²) in [5.74, 6) is 1.02. The lowest BCUT2D eigenvalue weighted by molar-refractivity contribution is -0.136. The maximum Gasteiger partial charge on any atom is 0.251 e. The molecule has 1 aliphatic heterocycles. The third-order valence-electron chi connectivity index (χ3n) is 4.97. The molecule has 0 aromatic heterocycles. The molecule has 1 aromatic carbocycles. The van der Waals surface area contributed by atoms with Gasteiger partial charge in [0.05, 0.1) is 6.61 Å². The fraction of sp³-hybridized carbons (Fsp3) is 0.619. The zero-order valence-corrected chi connectivity index (χ0v) is 17.0. The van der Waals surface area contributed by atoms with Gasteiger partial charge in [-0.05, 0) is 69.5 Å². The van der Waals surface area contributed by atoms with E-state index < -0.39 is 6.04 Å². The molecule has 1 fully saturated rings. The smallest absolute Gasteiger partial charge is 0.251 e. The zero-order valence-electron chi connectivity index (χ0n) is 17.0. The minimum atomic E-state index is -0.516. The first-order chi connectivity index (χ1) is 13.0. The van der Waals surface area contributed by atoms with E-state index >= 15 is 0 Å². The van der Waals surface area contributed by atoms with Crippen molar-refractivity contribution in [2.75, 3.05) is 33.3 Å². The molecule has 1 aliphatic rings. The Morgan fingerprint density at radius 2 is 1.96 bits per heavy atom. The lowest BCUT2D eigenvalue weighted by Crippen LogP contribution is -2.54. The van der Waals surface area contributed by atoms with E-state index in [-0.39, 0.29) is 17.7 Å². The molecule has 6 nitrogen and oxygen atoms in total. The molecule has 1 aromatic rings. The van der Waals surface area contributed by atoms with Crippen molar-refractivity contribution in [3.05, 3.63) is 29.8 Å². The Morgan fingerprint density at radius 1 is 1.26 bits per heavy atom. The van der Waals surface area contributed by atoms with Gasteiger partial charge in [0.25, 0.3) is 5.91 Å². The molecule has 0 spiro atoms. The van der Waals surface area contributed by atoms with Crippen LogP contribution in [0.4, 0.5) is 0 Å². The minimum Gasteiger partial charge on any atom is -0.494 e. The van der Waals surface area contributed by atoms with E-state index in [0.29, 0.717) is 18.1 Å². The molecule has 0 saturated carbocycles. The third kappa shape index (κ3) is 5.96. The molecule has 1 saturated heterocycles. The van der Waals surface area contributed by atoms with Crippen LogP contribution in [0.25, 0.3) is 0 Å². The maximum atomic E-state index is 13.1. The molecule has 2 amide bonds. The number of nitrogens with zero attached hydrogens (tertiary/aromatic N) is 1. The van der Waals surface area contributed by atoms with Crippen LogP contribution >= 0.6 is 0 Å². The van der Waals surface area contributed by atoms with Gasteiger partial charge < -0.3 is 20.3 Å². The Balaban J connectivity index is 2.03. The molecular weight excluding hydrogens is 342 g/mol. The number of carbonyl (C=O) groups is 2. The molecule has 150 valence electrons. The highest BCUT2D eigenvalue weighted by atomic mass is 16.5. The van der Waals surface area contributed by atoms with Crippen molar-refractivity contribution >= 4 is 11.8 Å². The summed E-state index contributed by atoms with van der Waals surface area (Å²) in [6.07, 6.45) is 2.14. The van der Waals surface area contributed by atoms with E-state index in [4.69, 9.17) is 4.74 Å². The third-order valence-corrected chi connectivity index (χ3v) is 4.97. The van der Waals surface area contributed by atoms with Gasteiger partial charge in [0.1, 0.15) is 11.8 Å². The van der Waals surface area contributed by atoms with Gasteiger partial charge in [0.2, 0.25) is 5.91 Å². The number of ether oxygens (including phenoxy) is 1. The number of hydrogen-bond acceptors (Lipinski definition) is 4. The summed E-state index contributed by atoms with van der Waals surface area (Å²) in [7, 11) is 1.94. The Bertz CT molecular complexity index is 614. The molecule has 27 heavy (non-hydrogen) atoms. The number of amides is 2. The lowest BCUT2D eigenvalue weighted by atomic mass is 9.95. The van der Waals surface area contributed by atoms with Crippen LogP contribution in [0.5, 0.6) is 5.75 Å². The van der Waals surface area contributed by atoms with Gasteiger partial charge >= 0.3 is 0 Å². The monoisotopic (exact) mass is 375 g/mol. The molecule has 2 rings (SSSR count). The fourth-order valence-corrected chi connectivity index (χ4v) is 3.52. The summed E-state index contributed by atoms with van der Waals surface area (Å²) in [5.41, 5.74) is 0.531. The highest BCUT2D eigenvalue weighted by molar-refractivity contribution is 5.97. The first kappa shape index (κ1) is 21.2. The van der Waals surface area contributed by atoms with Gasteiger partial charge in [-0.3, -0.25) is 9.59 Å². The van der Waals surface area contributed by atoms with Gasteiger partial charge in [-0.25, -0.2) is 0 Å². The number of hydrogen-bond donors (Lipinski definition) is 2. The van der Waals surface area contributed by atoms with Crippen molar-refractivity contribution in [1.82, 2.24) is 15.5 Å². The first-order valence-electron chi connectivity index (χ1n) is 9.93. The number of nitrogens with one attached hydrogen (secondary N) is 2. The first-order valence-corrected chi connectivity index (χ1v) is 9.93. The van der Waals surface area contributed by atoms with Crippen molar-refractivity contribution in [2.45, 2.75) is 39.7 Å². The molecule has 0 aliphatic carbocycles. The normalized spacial score (nSPS) is 18.3. The minimum absolute atomic E-state index is 0.0186. The van der Waals surface area contributed by atoms with Crippen molar-refractivity contribution in [3.8, 4) is 5.75 Å². The second kappa shape index (κ2) is 10.3. The Labute approximate surface area is 162 Å². The second-order valence-corrected chi connectivity index (χ2v) is 7.50. The van der Waals surface area contributed by atoms with Crippen LogP contribution in [-0.4, -0.2) is 56.0 Å². The number of benzene rings is 1.